The van der Waals surface area contributed by atoms with Crippen LogP contribution in [0.5, 0.6) is 11.5 Å². The molecule has 0 aliphatic carbocycles. The monoisotopic (exact) mass is 292 g/mol. The van der Waals surface area contributed by atoms with Crippen molar-refractivity contribution in [1.29, 1.82) is 0 Å². The van der Waals surface area contributed by atoms with Gasteiger partial charge in [-0.3, -0.25) is 4.79 Å². The van der Waals surface area contributed by atoms with E-state index in [-0.39, 0.29) is 17.4 Å². The minimum absolute atomic E-state index is 0.0888. The maximum atomic E-state index is 12.6. The van der Waals surface area contributed by atoms with Crippen molar-refractivity contribution < 1.29 is 15.0 Å². The van der Waals surface area contributed by atoms with E-state index in [0.29, 0.717) is 18.0 Å². The Labute approximate surface area is 125 Å². The summed E-state index contributed by atoms with van der Waals surface area (Å²) in [5.41, 5.74) is 0.338. The molecule has 1 atom stereocenters. The second-order valence-corrected chi connectivity index (χ2v) is 5.70. The highest BCUT2D eigenvalue weighted by molar-refractivity contribution is 5.95. The van der Waals surface area contributed by atoms with E-state index in [4.69, 9.17) is 0 Å². The van der Waals surface area contributed by atoms with Crippen LogP contribution in [0.4, 0.5) is 0 Å². The van der Waals surface area contributed by atoms with E-state index in [2.05, 4.69) is 5.32 Å². The zero-order valence-corrected chi connectivity index (χ0v) is 12.5. The third kappa shape index (κ3) is 4.36. The highest BCUT2D eigenvalue weighted by Crippen LogP contribution is 2.22. The summed E-state index contributed by atoms with van der Waals surface area (Å²) in [7, 11) is 0. The average Bonchev–Trinajstić information content (AvgIpc) is 2.46. The first-order valence-corrected chi connectivity index (χ1v) is 7.63. The van der Waals surface area contributed by atoms with Gasteiger partial charge in [-0.05, 0) is 50.4 Å². The van der Waals surface area contributed by atoms with Gasteiger partial charge < -0.3 is 20.4 Å². The number of amides is 1. The Balaban J connectivity index is 2.10. The predicted molar refractivity (Wildman–Crippen MR) is 81.6 cm³/mol. The maximum Gasteiger partial charge on any atom is 0.254 e. The third-order valence-electron chi connectivity index (χ3n) is 3.81. The van der Waals surface area contributed by atoms with E-state index in [1.807, 2.05) is 11.8 Å². The van der Waals surface area contributed by atoms with Gasteiger partial charge in [0, 0.05) is 24.7 Å². The smallest absolute Gasteiger partial charge is 0.254 e. The number of nitrogens with zero attached hydrogens (tertiary/aromatic N) is 1. The number of hydrogen-bond acceptors (Lipinski definition) is 4. The van der Waals surface area contributed by atoms with Gasteiger partial charge in [0.1, 0.15) is 11.5 Å². The van der Waals surface area contributed by atoms with Crippen molar-refractivity contribution in [2.75, 3.05) is 26.2 Å². The number of phenolic OH excluding ortho intramolecular Hbond substituents is 2. The Kier molecular flexibility index (Phi) is 5.44. The lowest BCUT2D eigenvalue weighted by molar-refractivity contribution is 0.0718. The zero-order valence-electron chi connectivity index (χ0n) is 12.5. The first-order valence-electron chi connectivity index (χ1n) is 7.63. The maximum absolute atomic E-state index is 12.6. The molecule has 3 N–H and O–H groups in total. The minimum Gasteiger partial charge on any atom is -0.508 e. The summed E-state index contributed by atoms with van der Waals surface area (Å²) in [6.45, 7) is 5.44. The van der Waals surface area contributed by atoms with Crippen molar-refractivity contribution in [3.63, 3.8) is 0 Å². The summed E-state index contributed by atoms with van der Waals surface area (Å²) in [6.07, 6.45) is 3.16. The number of nitrogens with one attached hydrogen (secondary N) is 1. The van der Waals surface area contributed by atoms with E-state index in [1.165, 1.54) is 18.2 Å². The summed E-state index contributed by atoms with van der Waals surface area (Å²) in [4.78, 5) is 14.4. The van der Waals surface area contributed by atoms with Crippen LogP contribution in [0.3, 0.4) is 0 Å². The van der Waals surface area contributed by atoms with Crippen LogP contribution in [-0.2, 0) is 0 Å². The van der Waals surface area contributed by atoms with Gasteiger partial charge in [-0.2, -0.15) is 0 Å². The molecule has 1 aliphatic rings. The highest BCUT2D eigenvalue weighted by atomic mass is 16.3. The lowest BCUT2D eigenvalue weighted by Gasteiger charge is -2.30. The lowest BCUT2D eigenvalue weighted by atomic mass is 9.98. The Morgan fingerprint density at radius 3 is 2.62 bits per heavy atom. The third-order valence-corrected chi connectivity index (χ3v) is 3.81. The molecule has 0 aromatic heterocycles. The molecule has 116 valence electrons. The number of carbonyl (C=O) groups is 1. The number of phenols is 2. The van der Waals surface area contributed by atoms with Gasteiger partial charge in [0.25, 0.3) is 5.91 Å². The topological polar surface area (TPSA) is 72.8 Å². The van der Waals surface area contributed by atoms with Gasteiger partial charge in [0.05, 0.1) is 0 Å². The van der Waals surface area contributed by atoms with Gasteiger partial charge in [-0.15, -0.1) is 0 Å². The van der Waals surface area contributed by atoms with Gasteiger partial charge >= 0.3 is 0 Å². The minimum atomic E-state index is -0.131. The Bertz CT molecular complexity index is 464. The van der Waals surface area contributed by atoms with Crippen molar-refractivity contribution in [1.82, 2.24) is 10.2 Å². The van der Waals surface area contributed by atoms with E-state index in [0.717, 1.165) is 38.9 Å². The second kappa shape index (κ2) is 7.31. The summed E-state index contributed by atoms with van der Waals surface area (Å²) < 4.78 is 0. The fraction of sp³-hybridized carbons (Fsp3) is 0.562. The van der Waals surface area contributed by atoms with E-state index in [1.54, 1.807) is 0 Å². The van der Waals surface area contributed by atoms with Crippen molar-refractivity contribution in [3.8, 4) is 11.5 Å². The molecule has 1 amide bonds. The summed E-state index contributed by atoms with van der Waals surface area (Å²) in [6, 6.07) is 4.04. The molecule has 1 heterocycles. The molecule has 1 unspecified atom stereocenters. The molecule has 0 saturated carbocycles. The fourth-order valence-corrected chi connectivity index (χ4v) is 2.84. The summed E-state index contributed by atoms with van der Waals surface area (Å²) in [5.74, 6) is 0.164. The number of carbonyl (C=O) groups excluding carboxylic acids is 1. The highest BCUT2D eigenvalue weighted by Gasteiger charge is 2.22. The number of hydrogen-bond donors (Lipinski definition) is 3. The number of aromatic hydroxyl groups is 2. The molecule has 1 aromatic rings. The second-order valence-electron chi connectivity index (χ2n) is 5.70. The van der Waals surface area contributed by atoms with E-state index < -0.39 is 0 Å². The Morgan fingerprint density at radius 2 is 2.05 bits per heavy atom. The fourth-order valence-electron chi connectivity index (χ4n) is 2.84. The molecule has 5 heteroatoms. The quantitative estimate of drug-likeness (QED) is 0.775. The lowest BCUT2D eigenvalue weighted by Crippen LogP contribution is -2.41. The summed E-state index contributed by atoms with van der Waals surface area (Å²) in [5, 5.41) is 22.4. The predicted octanol–water partition coefficient (Wildman–Crippen LogP) is 1.95. The largest absolute Gasteiger partial charge is 0.508 e. The van der Waals surface area contributed by atoms with Crippen LogP contribution in [0.1, 0.15) is 36.5 Å². The van der Waals surface area contributed by atoms with Crippen molar-refractivity contribution >= 4 is 5.91 Å². The van der Waals surface area contributed by atoms with Crippen molar-refractivity contribution in [3.05, 3.63) is 23.8 Å². The van der Waals surface area contributed by atoms with Gasteiger partial charge in [-0.25, -0.2) is 0 Å². The molecule has 1 saturated heterocycles. The molecule has 0 spiro atoms. The molecule has 0 bridgehead atoms. The molecule has 1 aromatic carbocycles. The van der Waals surface area contributed by atoms with Crippen LogP contribution in [0.2, 0.25) is 0 Å². The van der Waals surface area contributed by atoms with Crippen molar-refractivity contribution in [2.24, 2.45) is 5.92 Å². The van der Waals surface area contributed by atoms with Gasteiger partial charge in [-0.1, -0.05) is 6.92 Å². The van der Waals surface area contributed by atoms with Crippen LogP contribution in [-0.4, -0.2) is 47.2 Å². The molecular weight excluding hydrogens is 268 g/mol. The van der Waals surface area contributed by atoms with Gasteiger partial charge in [0.2, 0.25) is 0 Å². The molecule has 2 rings (SSSR count). The molecule has 1 fully saturated rings. The van der Waals surface area contributed by atoms with E-state index in [9.17, 15) is 15.0 Å². The molecular formula is C16H24N2O3. The number of benzene rings is 1. The van der Waals surface area contributed by atoms with Crippen LogP contribution >= 0.6 is 0 Å². The first-order chi connectivity index (χ1) is 10.1. The van der Waals surface area contributed by atoms with Crippen LogP contribution in [0, 0.1) is 5.92 Å². The molecule has 1 aliphatic heterocycles. The first kappa shape index (κ1) is 15.6. The molecule has 21 heavy (non-hydrogen) atoms. The van der Waals surface area contributed by atoms with Crippen LogP contribution in [0.25, 0.3) is 0 Å². The normalized spacial score (nSPS) is 18.4. The number of piperidine rings is 1. The number of rotatable bonds is 5. The van der Waals surface area contributed by atoms with E-state index >= 15 is 0 Å². The zero-order chi connectivity index (χ0) is 15.2. The SMILES string of the molecule is CCCN(CC1CCCNC1)C(=O)c1cc(O)cc(O)c1. The Hall–Kier alpha value is -1.75. The van der Waals surface area contributed by atoms with Crippen molar-refractivity contribution in [2.45, 2.75) is 26.2 Å². The Morgan fingerprint density at radius 1 is 1.33 bits per heavy atom. The standard InChI is InChI=1S/C16H24N2O3/c1-2-6-18(11-12-4-3-5-17-10-12)16(21)13-7-14(19)9-15(20)8-13/h7-9,12,17,19-20H,2-6,10-11H2,1H3. The van der Waals surface area contributed by atoms with Gasteiger partial charge in [0.15, 0.2) is 0 Å². The molecule has 0 radical (unpaired) electrons. The van der Waals surface area contributed by atoms with Crippen LogP contribution in [0.15, 0.2) is 18.2 Å². The molecule has 5 nitrogen and oxygen atoms in total. The average molecular weight is 292 g/mol. The van der Waals surface area contributed by atoms with Crippen LogP contribution < -0.4 is 5.32 Å². The summed E-state index contributed by atoms with van der Waals surface area (Å²) >= 11 is 0.